The van der Waals surface area contributed by atoms with Crippen molar-refractivity contribution >= 4 is 27.7 Å². The van der Waals surface area contributed by atoms with Crippen molar-refractivity contribution in [1.29, 1.82) is 0 Å². The van der Waals surface area contributed by atoms with E-state index in [4.69, 9.17) is 4.74 Å². The van der Waals surface area contributed by atoms with Gasteiger partial charge in [-0.15, -0.1) is 0 Å². The molecule has 15 heavy (non-hydrogen) atoms. The third-order valence-electron chi connectivity index (χ3n) is 1.47. The van der Waals surface area contributed by atoms with Gasteiger partial charge in [-0.3, -0.25) is 9.59 Å². The second-order valence-electron chi connectivity index (χ2n) is 2.63. The highest BCUT2D eigenvalue weighted by atomic mass is 79.9. The number of hydrogen-bond donors (Lipinski definition) is 0. The van der Waals surface area contributed by atoms with Crippen LogP contribution in [-0.2, 0) is 9.59 Å². The molecule has 1 aromatic carbocycles. The Bertz CT molecular complexity index is 340. The van der Waals surface area contributed by atoms with Gasteiger partial charge in [0.25, 0.3) is 11.8 Å². The van der Waals surface area contributed by atoms with E-state index in [9.17, 15) is 9.59 Å². The Kier molecular flexibility index (Phi) is 4.83. The molecule has 0 saturated heterocycles. The second-order valence-corrected chi connectivity index (χ2v) is 3.20. The first-order valence-corrected chi connectivity index (χ1v) is 5.35. The predicted octanol–water partition coefficient (Wildman–Crippen LogP) is 1.12. The van der Waals surface area contributed by atoms with E-state index < -0.39 is 11.8 Å². The number of imide groups is 1. The molecule has 0 fully saturated rings. The third-order valence-corrected chi connectivity index (χ3v) is 1.95. The van der Waals surface area contributed by atoms with Gasteiger partial charge >= 0.3 is 0 Å². The van der Waals surface area contributed by atoms with Crippen LogP contribution < -0.4 is 10.1 Å². The van der Waals surface area contributed by atoms with Crippen LogP contribution in [0.2, 0.25) is 0 Å². The molecule has 0 atom stereocenters. The van der Waals surface area contributed by atoms with Crippen LogP contribution in [0.4, 0.5) is 0 Å². The van der Waals surface area contributed by atoms with Crippen molar-refractivity contribution in [3.8, 4) is 5.75 Å². The molecule has 0 N–H and O–H groups in total. The van der Waals surface area contributed by atoms with Gasteiger partial charge in [0, 0.05) is 0 Å². The summed E-state index contributed by atoms with van der Waals surface area (Å²) < 4.78 is 5.10. The molecule has 0 aromatic heterocycles. The minimum Gasteiger partial charge on any atom is -0.484 e. The lowest BCUT2D eigenvalue weighted by Crippen LogP contribution is -2.28. The highest BCUT2D eigenvalue weighted by molar-refractivity contribution is 9.09. The molecule has 0 aliphatic rings. The van der Waals surface area contributed by atoms with Gasteiger partial charge in [-0.2, -0.15) is 5.32 Å². The smallest absolute Gasteiger partial charge is 0.286 e. The van der Waals surface area contributed by atoms with Crippen molar-refractivity contribution in [1.82, 2.24) is 5.32 Å². The SMILES string of the molecule is O=C(CBr)[N]C(=O)COc1ccccc1. The zero-order valence-corrected chi connectivity index (χ0v) is 9.44. The average molecular weight is 271 g/mol. The Morgan fingerprint density at radius 3 is 2.47 bits per heavy atom. The number of alkyl halides is 1. The van der Waals surface area contributed by atoms with E-state index in [0.29, 0.717) is 5.75 Å². The standard InChI is InChI=1S/C10H9BrNO3/c11-6-9(13)12-10(14)7-15-8-4-2-1-3-5-8/h1-5H,6-7H2. The van der Waals surface area contributed by atoms with Gasteiger partial charge in [0.15, 0.2) is 6.61 Å². The number of halogens is 1. The number of nitrogens with zero attached hydrogens (tertiary/aromatic N) is 1. The molecule has 4 nitrogen and oxygen atoms in total. The molecule has 1 aromatic rings. The largest absolute Gasteiger partial charge is 0.484 e. The van der Waals surface area contributed by atoms with E-state index >= 15 is 0 Å². The van der Waals surface area contributed by atoms with Gasteiger partial charge < -0.3 is 4.74 Å². The molecule has 0 aliphatic carbocycles. The number of carbonyl (C=O) groups is 2. The summed E-state index contributed by atoms with van der Waals surface area (Å²) >= 11 is 2.90. The van der Waals surface area contributed by atoms with Gasteiger partial charge in [-0.1, -0.05) is 34.1 Å². The van der Waals surface area contributed by atoms with Crippen molar-refractivity contribution in [3.05, 3.63) is 30.3 Å². The fraction of sp³-hybridized carbons (Fsp3) is 0.200. The summed E-state index contributed by atoms with van der Waals surface area (Å²) in [5, 5.41) is 3.31. The maximum absolute atomic E-state index is 11.1. The highest BCUT2D eigenvalue weighted by Crippen LogP contribution is 2.07. The number of ether oxygens (including phenoxy) is 1. The highest BCUT2D eigenvalue weighted by Gasteiger charge is 2.09. The number of carbonyl (C=O) groups excluding carboxylic acids is 2. The lowest BCUT2D eigenvalue weighted by molar-refractivity contribution is -0.130. The Balaban J connectivity index is 2.32. The first kappa shape index (κ1) is 11.7. The van der Waals surface area contributed by atoms with Gasteiger partial charge in [0.2, 0.25) is 0 Å². The van der Waals surface area contributed by atoms with Crippen molar-refractivity contribution in [2.24, 2.45) is 0 Å². The number of para-hydroxylation sites is 1. The molecule has 1 radical (unpaired) electrons. The molecule has 0 spiro atoms. The molecule has 1 rings (SSSR count). The summed E-state index contributed by atoms with van der Waals surface area (Å²) in [6.07, 6.45) is 0. The first-order valence-electron chi connectivity index (χ1n) is 4.23. The summed E-state index contributed by atoms with van der Waals surface area (Å²) in [5.74, 6) is -0.507. The molecule has 0 unspecified atom stereocenters. The fourth-order valence-electron chi connectivity index (χ4n) is 0.863. The minimum atomic E-state index is -0.580. The first-order chi connectivity index (χ1) is 7.22. The van der Waals surface area contributed by atoms with Crippen molar-refractivity contribution < 1.29 is 14.3 Å². The van der Waals surface area contributed by atoms with E-state index in [1.165, 1.54) is 0 Å². The Labute approximate surface area is 95.7 Å². The van der Waals surface area contributed by atoms with Crippen molar-refractivity contribution in [2.75, 3.05) is 11.9 Å². The summed E-state index contributed by atoms with van der Waals surface area (Å²) in [7, 11) is 0. The third kappa shape index (κ3) is 4.60. The van der Waals surface area contributed by atoms with Crippen LogP contribution in [-0.4, -0.2) is 23.8 Å². The van der Waals surface area contributed by atoms with Gasteiger partial charge in [-0.05, 0) is 12.1 Å². The normalized spacial score (nSPS) is 9.40. The Morgan fingerprint density at radius 2 is 1.87 bits per heavy atom. The van der Waals surface area contributed by atoms with Gasteiger partial charge in [0.05, 0.1) is 5.33 Å². The van der Waals surface area contributed by atoms with Crippen LogP contribution in [0.25, 0.3) is 0 Å². The van der Waals surface area contributed by atoms with E-state index in [1.54, 1.807) is 24.3 Å². The molecule has 5 heteroatoms. The van der Waals surface area contributed by atoms with Crippen molar-refractivity contribution in [3.63, 3.8) is 0 Å². The monoisotopic (exact) mass is 270 g/mol. The van der Waals surface area contributed by atoms with Crippen LogP contribution in [0.3, 0.4) is 0 Å². The van der Waals surface area contributed by atoms with Crippen molar-refractivity contribution in [2.45, 2.75) is 0 Å². The Hall–Kier alpha value is -1.36. The van der Waals surface area contributed by atoms with Gasteiger partial charge in [-0.25, -0.2) is 0 Å². The average Bonchev–Trinajstić information content (AvgIpc) is 2.27. The van der Waals surface area contributed by atoms with Crippen LogP contribution in [0.5, 0.6) is 5.75 Å². The Morgan fingerprint density at radius 1 is 1.20 bits per heavy atom. The topological polar surface area (TPSA) is 57.5 Å². The lowest BCUT2D eigenvalue weighted by atomic mass is 10.3. The van der Waals surface area contributed by atoms with Crippen LogP contribution >= 0.6 is 15.9 Å². The van der Waals surface area contributed by atoms with Crippen LogP contribution in [0.1, 0.15) is 0 Å². The quantitative estimate of drug-likeness (QED) is 0.771. The second kappa shape index (κ2) is 6.19. The van der Waals surface area contributed by atoms with E-state index in [2.05, 4.69) is 21.2 Å². The van der Waals surface area contributed by atoms with E-state index in [0.717, 1.165) is 0 Å². The van der Waals surface area contributed by atoms with Gasteiger partial charge in [0.1, 0.15) is 5.75 Å². The molecule has 0 heterocycles. The molecular weight excluding hydrogens is 262 g/mol. The molecular formula is C10H9BrNO3. The predicted molar refractivity (Wildman–Crippen MR) is 57.9 cm³/mol. The zero-order chi connectivity index (χ0) is 11.1. The number of amides is 2. The van der Waals surface area contributed by atoms with E-state index in [-0.39, 0.29) is 11.9 Å². The number of rotatable bonds is 4. The molecule has 0 saturated carbocycles. The van der Waals surface area contributed by atoms with Crippen LogP contribution in [0.15, 0.2) is 30.3 Å². The number of benzene rings is 1. The minimum absolute atomic E-state index is 0.0457. The van der Waals surface area contributed by atoms with Crippen LogP contribution in [0, 0.1) is 0 Å². The fourth-order valence-corrected chi connectivity index (χ4v) is 0.988. The summed E-state index contributed by atoms with van der Waals surface area (Å²) in [4.78, 5) is 21.8. The summed E-state index contributed by atoms with van der Waals surface area (Å²) in [6, 6.07) is 8.87. The summed E-state index contributed by atoms with van der Waals surface area (Å²) in [6.45, 7) is -0.219. The molecule has 2 amide bonds. The maximum Gasteiger partial charge on any atom is 0.286 e. The number of hydrogen-bond acceptors (Lipinski definition) is 3. The molecule has 0 aliphatic heterocycles. The summed E-state index contributed by atoms with van der Waals surface area (Å²) in [5.41, 5.74) is 0. The zero-order valence-electron chi connectivity index (χ0n) is 7.85. The maximum atomic E-state index is 11.1. The van der Waals surface area contributed by atoms with E-state index in [1.807, 2.05) is 6.07 Å². The lowest BCUT2D eigenvalue weighted by Gasteiger charge is -2.03. The molecule has 0 bridgehead atoms. The molecule has 79 valence electrons.